The van der Waals surface area contributed by atoms with Gasteiger partial charge in [0.15, 0.2) is 0 Å². The first-order chi connectivity index (χ1) is 9.20. The fourth-order valence-corrected chi connectivity index (χ4v) is 2.58. The van der Waals surface area contributed by atoms with Crippen molar-refractivity contribution >= 4 is 15.9 Å². The van der Waals surface area contributed by atoms with E-state index in [-0.39, 0.29) is 6.04 Å². The molecule has 0 saturated heterocycles. The Hall–Kier alpha value is -1.20. The lowest BCUT2D eigenvalue weighted by atomic mass is 10.1. The average molecular weight is 323 g/mol. The van der Waals surface area contributed by atoms with E-state index in [1.165, 1.54) is 5.56 Å². The zero-order chi connectivity index (χ0) is 13.7. The van der Waals surface area contributed by atoms with E-state index < -0.39 is 0 Å². The fourth-order valence-electron chi connectivity index (χ4n) is 2.05. The van der Waals surface area contributed by atoms with Crippen LogP contribution in [0.3, 0.4) is 0 Å². The molecule has 0 bridgehead atoms. The first kappa shape index (κ1) is 14.2. The number of hydrogen-bond acceptors (Lipinski definition) is 3. The van der Waals surface area contributed by atoms with Crippen molar-refractivity contribution in [2.75, 3.05) is 6.54 Å². The summed E-state index contributed by atoms with van der Waals surface area (Å²) in [6.45, 7) is 3.15. The van der Waals surface area contributed by atoms with Gasteiger partial charge in [-0.3, -0.25) is 9.67 Å². The fraction of sp³-hybridized carbons (Fsp3) is 0.429. The summed E-state index contributed by atoms with van der Waals surface area (Å²) >= 11 is 3.58. The summed E-state index contributed by atoms with van der Waals surface area (Å²) < 4.78 is 2.88. The van der Waals surface area contributed by atoms with Crippen molar-refractivity contribution in [2.45, 2.75) is 25.8 Å². The lowest BCUT2D eigenvalue weighted by Gasteiger charge is -2.18. The van der Waals surface area contributed by atoms with Gasteiger partial charge in [-0.05, 0) is 53.0 Å². The number of halogens is 1. The lowest BCUT2D eigenvalue weighted by molar-refractivity contribution is 0.516. The van der Waals surface area contributed by atoms with Gasteiger partial charge in [0.2, 0.25) is 0 Å². The van der Waals surface area contributed by atoms with Crippen molar-refractivity contribution in [1.29, 1.82) is 0 Å². The van der Waals surface area contributed by atoms with Crippen molar-refractivity contribution in [2.24, 2.45) is 7.05 Å². The van der Waals surface area contributed by atoms with Crippen LogP contribution < -0.4 is 5.32 Å². The molecule has 4 nitrogen and oxygen atoms in total. The predicted octanol–water partition coefficient (Wildman–Crippen LogP) is 2.86. The van der Waals surface area contributed by atoms with E-state index in [1.807, 2.05) is 36.3 Å². The molecule has 1 N–H and O–H groups in total. The Balaban J connectivity index is 2.18. The summed E-state index contributed by atoms with van der Waals surface area (Å²) in [5, 5.41) is 7.78. The summed E-state index contributed by atoms with van der Waals surface area (Å²) in [6.07, 6.45) is 7.80. The second-order valence-electron chi connectivity index (χ2n) is 4.60. The second-order valence-corrected chi connectivity index (χ2v) is 5.46. The Morgan fingerprint density at radius 2 is 2.32 bits per heavy atom. The van der Waals surface area contributed by atoms with Crippen LogP contribution in [0.1, 0.15) is 30.6 Å². The van der Waals surface area contributed by atoms with Crippen LogP contribution >= 0.6 is 15.9 Å². The van der Waals surface area contributed by atoms with Gasteiger partial charge in [0.05, 0.1) is 17.9 Å². The lowest BCUT2D eigenvalue weighted by Crippen LogP contribution is -2.25. The highest BCUT2D eigenvalue weighted by Gasteiger charge is 2.16. The minimum Gasteiger partial charge on any atom is -0.308 e. The van der Waals surface area contributed by atoms with E-state index in [9.17, 15) is 0 Å². The molecule has 102 valence electrons. The van der Waals surface area contributed by atoms with Gasteiger partial charge < -0.3 is 5.32 Å². The SMILES string of the molecule is CCCNC(Cc1cnn(C)c1)c1ncccc1Br. The molecule has 0 aliphatic rings. The molecule has 0 amide bonds. The van der Waals surface area contributed by atoms with Crippen LogP contribution in [0.25, 0.3) is 0 Å². The van der Waals surface area contributed by atoms with Crippen molar-refractivity contribution in [3.05, 3.63) is 46.5 Å². The highest BCUT2D eigenvalue weighted by Crippen LogP contribution is 2.23. The minimum atomic E-state index is 0.208. The van der Waals surface area contributed by atoms with E-state index in [1.54, 1.807) is 0 Å². The van der Waals surface area contributed by atoms with Crippen LogP contribution in [0.2, 0.25) is 0 Å². The van der Waals surface area contributed by atoms with Crippen molar-refractivity contribution < 1.29 is 0 Å². The third kappa shape index (κ3) is 3.88. The van der Waals surface area contributed by atoms with Crippen LogP contribution in [0.15, 0.2) is 35.2 Å². The average Bonchev–Trinajstić information content (AvgIpc) is 2.81. The third-order valence-electron chi connectivity index (χ3n) is 2.96. The summed E-state index contributed by atoms with van der Waals surface area (Å²) in [5.74, 6) is 0. The molecule has 1 atom stereocenters. The monoisotopic (exact) mass is 322 g/mol. The van der Waals surface area contributed by atoms with Crippen molar-refractivity contribution in [1.82, 2.24) is 20.1 Å². The number of hydrogen-bond donors (Lipinski definition) is 1. The highest BCUT2D eigenvalue weighted by molar-refractivity contribution is 9.10. The van der Waals surface area contributed by atoms with Gasteiger partial charge in [0, 0.05) is 23.9 Å². The van der Waals surface area contributed by atoms with E-state index in [2.05, 4.69) is 44.4 Å². The van der Waals surface area contributed by atoms with E-state index >= 15 is 0 Å². The maximum Gasteiger partial charge on any atom is 0.0718 e. The van der Waals surface area contributed by atoms with E-state index in [0.717, 1.165) is 29.6 Å². The maximum atomic E-state index is 4.50. The molecule has 19 heavy (non-hydrogen) atoms. The molecule has 2 aromatic rings. The molecular formula is C14H19BrN4. The Morgan fingerprint density at radius 3 is 2.95 bits per heavy atom. The minimum absolute atomic E-state index is 0.208. The number of aromatic nitrogens is 3. The van der Waals surface area contributed by atoms with Gasteiger partial charge in [-0.15, -0.1) is 0 Å². The quantitative estimate of drug-likeness (QED) is 0.889. The molecule has 0 radical (unpaired) electrons. The summed E-state index contributed by atoms with van der Waals surface area (Å²) in [5.41, 5.74) is 2.27. The molecule has 2 rings (SSSR count). The molecule has 0 aliphatic heterocycles. The summed E-state index contributed by atoms with van der Waals surface area (Å²) in [7, 11) is 1.94. The Kier molecular flexibility index (Phi) is 5.10. The Morgan fingerprint density at radius 1 is 1.47 bits per heavy atom. The van der Waals surface area contributed by atoms with Crippen LogP contribution in [0.5, 0.6) is 0 Å². The molecule has 5 heteroatoms. The topological polar surface area (TPSA) is 42.7 Å². The first-order valence-corrected chi connectivity index (χ1v) is 7.31. The number of nitrogens with one attached hydrogen (secondary N) is 1. The number of nitrogens with zero attached hydrogens (tertiary/aromatic N) is 3. The number of pyridine rings is 1. The van der Waals surface area contributed by atoms with Crippen LogP contribution in [-0.2, 0) is 13.5 Å². The third-order valence-corrected chi connectivity index (χ3v) is 3.63. The molecular weight excluding hydrogens is 304 g/mol. The Bertz CT molecular complexity index is 524. The zero-order valence-corrected chi connectivity index (χ0v) is 12.9. The van der Waals surface area contributed by atoms with Crippen LogP contribution in [0.4, 0.5) is 0 Å². The van der Waals surface area contributed by atoms with Gasteiger partial charge in [0.1, 0.15) is 0 Å². The van der Waals surface area contributed by atoms with Crippen LogP contribution in [0, 0.1) is 0 Å². The molecule has 2 heterocycles. The first-order valence-electron chi connectivity index (χ1n) is 6.52. The molecule has 0 aliphatic carbocycles. The van der Waals surface area contributed by atoms with Crippen LogP contribution in [-0.4, -0.2) is 21.3 Å². The van der Waals surface area contributed by atoms with Crippen molar-refractivity contribution in [3.63, 3.8) is 0 Å². The smallest absolute Gasteiger partial charge is 0.0718 e. The number of aryl methyl sites for hydroxylation is 1. The van der Waals surface area contributed by atoms with Gasteiger partial charge in [-0.1, -0.05) is 6.92 Å². The van der Waals surface area contributed by atoms with E-state index in [0.29, 0.717) is 0 Å². The summed E-state index contributed by atoms with van der Waals surface area (Å²) in [4.78, 5) is 4.50. The largest absolute Gasteiger partial charge is 0.308 e. The van der Waals surface area contributed by atoms with Gasteiger partial charge in [0.25, 0.3) is 0 Å². The molecule has 0 aromatic carbocycles. The number of rotatable bonds is 6. The van der Waals surface area contributed by atoms with Gasteiger partial charge in [-0.2, -0.15) is 5.10 Å². The van der Waals surface area contributed by atoms with Gasteiger partial charge >= 0.3 is 0 Å². The molecule has 0 fully saturated rings. The van der Waals surface area contributed by atoms with Gasteiger partial charge in [-0.25, -0.2) is 0 Å². The summed E-state index contributed by atoms with van der Waals surface area (Å²) in [6, 6.07) is 4.18. The molecule has 0 spiro atoms. The predicted molar refractivity (Wildman–Crippen MR) is 79.9 cm³/mol. The molecule has 0 saturated carbocycles. The normalized spacial score (nSPS) is 12.6. The second kappa shape index (κ2) is 6.82. The van der Waals surface area contributed by atoms with Crippen molar-refractivity contribution in [3.8, 4) is 0 Å². The maximum absolute atomic E-state index is 4.50. The molecule has 2 aromatic heterocycles. The Labute approximate surface area is 122 Å². The zero-order valence-electron chi connectivity index (χ0n) is 11.3. The standard InChI is InChI=1S/C14H19BrN4/c1-3-6-16-13(8-11-9-18-19(2)10-11)14-12(15)5-4-7-17-14/h4-5,7,9-10,13,16H,3,6,8H2,1-2H3. The highest BCUT2D eigenvalue weighted by atomic mass is 79.9. The van der Waals surface area contributed by atoms with E-state index in [4.69, 9.17) is 0 Å². The molecule has 1 unspecified atom stereocenters.